The molecule has 0 saturated heterocycles. The topological polar surface area (TPSA) is 47.3 Å². The van der Waals surface area contributed by atoms with Crippen LogP contribution in [0, 0.1) is 5.82 Å². The molecule has 108 valence electrons. The Morgan fingerprint density at radius 2 is 2.15 bits per heavy atom. The Hall–Kier alpha value is -1.14. The fourth-order valence-corrected chi connectivity index (χ4v) is 2.42. The summed E-state index contributed by atoms with van der Waals surface area (Å²) in [5.41, 5.74) is 0.269. The normalized spacial score (nSPS) is 12.7. The maximum Gasteiger partial charge on any atom is 0.130 e. The highest BCUT2D eigenvalue weighted by Crippen LogP contribution is 2.33. The van der Waals surface area contributed by atoms with Gasteiger partial charge < -0.3 is 9.84 Å². The lowest BCUT2D eigenvalue weighted by atomic mass is 10.1. The van der Waals surface area contributed by atoms with Gasteiger partial charge in [0.1, 0.15) is 11.9 Å². The predicted octanol–water partition coefficient (Wildman–Crippen LogP) is 3.06. The monoisotopic (exact) mass is 318 g/mol. The Balaban J connectivity index is 2.43. The first-order valence-corrected chi connectivity index (χ1v) is 6.64. The third-order valence-corrected chi connectivity index (χ3v) is 3.49. The van der Waals surface area contributed by atoms with Gasteiger partial charge in [0.2, 0.25) is 0 Å². The Kier molecular flexibility index (Phi) is 4.99. The quantitative estimate of drug-likeness (QED) is 0.921. The standard InChI is InChI=1S/C13H13Cl2FN2O2/c1-20-6-5-18-12(9(15)7-17-18)13(19)11-8(14)3-2-4-10(11)16/h2-4,7,13,19H,5-6H2,1H3. The Labute approximate surface area is 125 Å². The average molecular weight is 319 g/mol. The van der Waals surface area contributed by atoms with E-state index < -0.39 is 11.9 Å². The molecule has 1 heterocycles. The summed E-state index contributed by atoms with van der Waals surface area (Å²) in [6.07, 6.45) is 0.0976. The Bertz CT molecular complexity index is 584. The van der Waals surface area contributed by atoms with Crippen molar-refractivity contribution in [2.75, 3.05) is 13.7 Å². The van der Waals surface area contributed by atoms with E-state index in [1.165, 1.54) is 29.1 Å². The van der Waals surface area contributed by atoms with Gasteiger partial charge in [-0.05, 0) is 12.1 Å². The first-order chi connectivity index (χ1) is 9.56. The molecule has 0 aliphatic rings. The fourth-order valence-electron chi connectivity index (χ4n) is 1.91. The van der Waals surface area contributed by atoms with Gasteiger partial charge in [-0.25, -0.2) is 4.39 Å². The molecule has 1 aromatic carbocycles. The Morgan fingerprint density at radius 1 is 1.40 bits per heavy atom. The molecule has 20 heavy (non-hydrogen) atoms. The molecule has 0 saturated carbocycles. The smallest absolute Gasteiger partial charge is 0.130 e. The molecular formula is C13H13Cl2FN2O2. The van der Waals surface area contributed by atoms with Crippen molar-refractivity contribution in [2.45, 2.75) is 12.6 Å². The van der Waals surface area contributed by atoms with E-state index in [0.717, 1.165) is 0 Å². The van der Waals surface area contributed by atoms with Crippen LogP contribution in [0.15, 0.2) is 24.4 Å². The van der Waals surface area contributed by atoms with Crippen molar-refractivity contribution < 1.29 is 14.2 Å². The maximum absolute atomic E-state index is 13.9. The van der Waals surface area contributed by atoms with E-state index in [4.69, 9.17) is 27.9 Å². The largest absolute Gasteiger partial charge is 0.383 e. The SMILES string of the molecule is COCCn1ncc(Cl)c1C(O)c1c(F)cccc1Cl. The molecule has 0 bridgehead atoms. The van der Waals surface area contributed by atoms with Crippen LogP contribution in [-0.2, 0) is 11.3 Å². The third kappa shape index (κ3) is 2.96. The van der Waals surface area contributed by atoms with Crippen molar-refractivity contribution in [1.82, 2.24) is 9.78 Å². The van der Waals surface area contributed by atoms with Crippen LogP contribution < -0.4 is 0 Å². The van der Waals surface area contributed by atoms with Gasteiger partial charge in [-0.1, -0.05) is 29.3 Å². The zero-order chi connectivity index (χ0) is 14.7. The molecule has 2 aromatic rings. The summed E-state index contributed by atoms with van der Waals surface area (Å²) < 4.78 is 20.3. The molecule has 1 aromatic heterocycles. The fraction of sp³-hybridized carbons (Fsp3) is 0.308. The number of aromatic nitrogens is 2. The molecule has 0 aliphatic heterocycles. The van der Waals surface area contributed by atoms with Crippen molar-refractivity contribution >= 4 is 23.2 Å². The Morgan fingerprint density at radius 3 is 2.80 bits per heavy atom. The van der Waals surface area contributed by atoms with Crippen LogP contribution in [0.5, 0.6) is 0 Å². The molecule has 0 amide bonds. The van der Waals surface area contributed by atoms with E-state index in [0.29, 0.717) is 13.2 Å². The first-order valence-electron chi connectivity index (χ1n) is 5.88. The molecule has 0 spiro atoms. The van der Waals surface area contributed by atoms with Crippen molar-refractivity contribution in [2.24, 2.45) is 0 Å². The van der Waals surface area contributed by atoms with E-state index in [-0.39, 0.29) is 21.3 Å². The van der Waals surface area contributed by atoms with Crippen molar-refractivity contribution in [1.29, 1.82) is 0 Å². The molecular weight excluding hydrogens is 306 g/mol. The summed E-state index contributed by atoms with van der Waals surface area (Å²) in [4.78, 5) is 0. The van der Waals surface area contributed by atoms with Crippen molar-refractivity contribution in [3.63, 3.8) is 0 Å². The van der Waals surface area contributed by atoms with Crippen LogP contribution in [0.2, 0.25) is 10.0 Å². The number of hydrogen-bond acceptors (Lipinski definition) is 3. The van der Waals surface area contributed by atoms with E-state index in [2.05, 4.69) is 5.10 Å². The number of ether oxygens (including phenoxy) is 1. The second-order valence-corrected chi connectivity index (χ2v) is 4.95. The van der Waals surface area contributed by atoms with Gasteiger partial charge in [0, 0.05) is 17.7 Å². The van der Waals surface area contributed by atoms with Crippen molar-refractivity contribution in [3.05, 3.63) is 51.5 Å². The summed E-state index contributed by atoms with van der Waals surface area (Å²) in [5.74, 6) is -0.597. The number of methoxy groups -OCH3 is 1. The molecule has 0 radical (unpaired) electrons. The van der Waals surface area contributed by atoms with E-state index in [1.54, 1.807) is 7.11 Å². The lowest BCUT2D eigenvalue weighted by Gasteiger charge is -2.16. The minimum absolute atomic E-state index is 0.0183. The van der Waals surface area contributed by atoms with Gasteiger partial charge in [0.25, 0.3) is 0 Å². The number of benzene rings is 1. The highest BCUT2D eigenvalue weighted by atomic mass is 35.5. The van der Waals surface area contributed by atoms with Crippen LogP contribution >= 0.6 is 23.2 Å². The highest BCUT2D eigenvalue weighted by Gasteiger charge is 2.24. The molecule has 1 N–H and O–H groups in total. The summed E-state index contributed by atoms with van der Waals surface area (Å²) >= 11 is 12.0. The maximum atomic E-state index is 13.9. The van der Waals surface area contributed by atoms with Gasteiger partial charge in [0.15, 0.2) is 0 Å². The predicted molar refractivity (Wildman–Crippen MR) is 74.6 cm³/mol. The van der Waals surface area contributed by atoms with Crippen LogP contribution in [0.4, 0.5) is 4.39 Å². The average Bonchev–Trinajstić information content (AvgIpc) is 2.77. The molecule has 1 atom stereocenters. The first kappa shape index (κ1) is 15.3. The van der Waals surface area contributed by atoms with Gasteiger partial charge in [-0.2, -0.15) is 5.10 Å². The number of aliphatic hydroxyl groups excluding tert-OH is 1. The summed E-state index contributed by atoms with van der Waals surface area (Å²) in [7, 11) is 1.55. The second-order valence-electron chi connectivity index (χ2n) is 4.13. The van der Waals surface area contributed by atoms with Crippen LogP contribution in [0.1, 0.15) is 17.4 Å². The molecule has 0 aliphatic carbocycles. The molecule has 2 rings (SSSR count). The summed E-state index contributed by atoms with van der Waals surface area (Å²) in [5, 5.41) is 14.8. The second kappa shape index (κ2) is 6.54. The lowest BCUT2D eigenvalue weighted by Crippen LogP contribution is -2.14. The molecule has 0 fully saturated rings. The van der Waals surface area contributed by atoms with Crippen molar-refractivity contribution in [3.8, 4) is 0 Å². The number of halogens is 3. The van der Waals surface area contributed by atoms with Gasteiger partial charge in [-0.3, -0.25) is 4.68 Å². The van der Waals surface area contributed by atoms with Gasteiger partial charge >= 0.3 is 0 Å². The molecule has 4 nitrogen and oxygen atoms in total. The molecule has 7 heteroatoms. The lowest BCUT2D eigenvalue weighted by molar-refractivity contribution is 0.170. The number of aliphatic hydroxyl groups is 1. The third-order valence-electron chi connectivity index (χ3n) is 2.87. The van der Waals surface area contributed by atoms with E-state index in [9.17, 15) is 9.50 Å². The minimum Gasteiger partial charge on any atom is -0.383 e. The van der Waals surface area contributed by atoms with E-state index in [1.807, 2.05) is 0 Å². The number of rotatable bonds is 5. The van der Waals surface area contributed by atoms with Crippen LogP contribution in [-0.4, -0.2) is 28.6 Å². The number of hydrogen-bond donors (Lipinski definition) is 1. The van der Waals surface area contributed by atoms with Crippen LogP contribution in [0.25, 0.3) is 0 Å². The van der Waals surface area contributed by atoms with Crippen LogP contribution in [0.3, 0.4) is 0 Å². The molecule has 1 unspecified atom stereocenters. The minimum atomic E-state index is -1.30. The highest BCUT2D eigenvalue weighted by molar-refractivity contribution is 6.32. The summed E-state index contributed by atoms with van der Waals surface area (Å²) in [6.45, 7) is 0.782. The van der Waals surface area contributed by atoms with Gasteiger partial charge in [-0.15, -0.1) is 0 Å². The zero-order valence-corrected chi connectivity index (χ0v) is 12.2. The van der Waals surface area contributed by atoms with Gasteiger partial charge in [0.05, 0.1) is 30.1 Å². The number of nitrogens with zero attached hydrogens (tertiary/aromatic N) is 2. The zero-order valence-electron chi connectivity index (χ0n) is 10.7. The van der Waals surface area contributed by atoms with E-state index >= 15 is 0 Å². The summed E-state index contributed by atoms with van der Waals surface area (Å²) in [6, 6.07) is 4.21.